The zero-order valence-corrected chi connectivity index (χ0v) is 10.3. The number of hydrogen-bond acceptors (Lipinski definition) is 4. The molecule has 2 rings (SSSR count). The number of nitrogens with one attached hydrogen (secondary N) is 1. The number of rotatable bonds is 2. The molecule has 1 aromatic carbocycles. The minimum absolute atomic E-state index is 0.302. The largest absolute Gasteiger partial charge is 0.336 e. The van der Waals surface area contributed by atoms with Crippen LogP contribution in [0.25, 0.3) is 0 Å². The molecule has 15 heavy (non-hydrogen) atoms. The van der Waals surface area contributed by atoms with E-state index in [1.54, 1.807) is 6.07 Å². The van der Waals surface area contributed by atoms with Gasteiger partial charge in [0.25, 0.3) is 0 Å². The van der Waals surface area contributed by atoms with Crippen LogP contribution in [0.3, 0.4) is 0 Å². The minimum atomic E-state index is -0.310. The second-order valence-corrected chi connectivity index (χ2v) is 4.39. The molecule has 1 heterocycles. The van der Waals surface area contributed by atoms with Crippen molar-refractivity contribution in [3.05, 3.63) is 33.6 Å². The molecule has 0 aliphatic heterocycles. The third-order valence-corrected chi connectivity index (χ3v) is 3.18. The Morgan fingerprint density at radius 3 is 2.80 bits per heavy atom. The van der Waals surface area contributed by atoms with Crippen LogP contribution in [0, 0.1) is 5.82 Å². The Morgan fingerprint density at radius 2 is 2.20 bits per heavy atom. The number of hydrogen-bond donors (Lipinski definition) is 1. The summed E-state index contributed by atoms with van der Waals surface area (Å²) in [7, 11) is 0. The van der Waals surface area contributed by atoms with Crippen LogP contribution in [-0.2, 0) is 0 Å². The van der Waals surface area contributed by atoms with E-state index in [1.807, 2.05) is 0 Å². The molecule has 0 unspecified atom stereocenters. The van der Waals surface area contributed by atoms with Gasteiger partial charge in [0.05, 0.1) is 17.4 Å². The maximum Gasteiger partial charge on any atom is 0.187 e. The number of nitrogens with zero attached hydrogens (tertiary/aromatic N) is 2. The van der Waals surface area contributed by atoms with Crippen molar-refractivity contribution >= 4 is 50.8 Å². The van der Waals surface area contributed by atoms with Gasteiger partial charge in [0.15, 0.2) is 11.0 Å². The summed E-state index contributed by atoms with van der Waals surface area (Å²) in [5.41, 5.74) is 0.686. The van der Waals surface area contributed by atoms with Crippen molar-refractivity contribution in [1.82, 2.24) is 8.75 Å². The van der Waals surface area contributed by atoms with Crippen molar-refractivity contribution < 1.29 is 4.39 Å². The fourth-order valence-corrected chi connectivity index (χ4v) is 2.07. The maximum absolute atomic E-state index is 12.8. The third kappa shape index (κ3) is 2.45. The summed E-state index contributed by atoms with van der Waals surface area (Å²) in [6.45, 7) is 0. The van der Waals surface area contributed by atoms with Crippen LogP contribution >= 0.6 is 39.3 Å². The van der Waals surface area contributed by atoms with E-state index in [2.05, 4.69) is 30.0 Å². The monoisotopic (exact) mass is 307 g/mol. The lowest BCUT2D eigenvalue weighted by Gasteiger charge is -2.05. The molecule has 0 spiro atoms. The van der Waals surface area contributed by atoms with Gasteiger partial charge in [-0.25, -0.2) is 4.39 Å². The number of aromatic nitrogens is 2. The van der Waals surface area contributed by atoms with Gasteiger partial charge in [0.2, 0.25) is 0 Å². The number of anilines is 2. The fraction of sp³-hybridized carbons (Fsp3) is 0. The Balaban J connectivity index is 2.29. The van der Waals surface area contributed by atoms with Gasteiger partial charge in [0, 0.05) is 4.47 Å². The van der Waals surface area contributed by atoms with Gasteiger partial charge in [-0.1, -0.05) is 11.6 Å². The zero-order chi connectivity index (χ0) is 10.8. The van der Waals surface area contributed by atoms with Gasteiger partial charge in [-0.3, -0.25) is 0 Å². The second-order valence-electron chi connectivity index (χ2n) is 2.65. The van der Waals surface area contributed by atoms with E-state index in [1.165, 1.54) is 12.1 Å². The Kier molecular flexibility index (Phi) is 3.18. The predicted molar refractivity (Wildman–Crippen MR) is 62.3 cm³/mol. The summed E-state index contributed by atoms with van der Waals surface area (Å²) < 4.78 is 21.2. The van der Waals surface area contributed by atoms with E-state index in [-0.39, 0.29) is 5.82 Å². The summed E-state index contributed by atoms with van der Waals surface area (Å²) in [6.07, 6.45) is 0. The quantitative estimate of drug-likeness (QED) is 0.916. The van der Waals surface area contributed by atoms with Crippen molar-refractivity contribution in [2.24, 2.45) is 0 Å². The highest BCUT2D eigenvalue weighted by atomic mass is 79.9. The zero-order valence-electron chi connectivity index (χ0n) is 7.17. The molecule has 0 aliphatic rings. The lowest BCUT2D eigenvalue weighted by Crippen LogP contribution is -1.92. The van der Waals surface area contributed by atoms with E-state index in [9.17, 15) is 4.39 Å². The molecule has 0 saturated heterocycles. The molecular weight excluding hydrogens is 305 g/mol. The maximum atomic E-state index is 12.8. The molecule has 1 aromatic heterocycles. The van der Waals surface area contributed by atoms with E-state index in [4.69, 9.17) is 11.6 Å². The van der Waals surface area contributed by atoms with Crippen molar-refractivity contribution in [2.45, 2.75) is 0 Å². The van der Waals surface area contributed by atoms with Crippen molar-refractivity contribution in [3.63, 3.8) is 0 Å². The number of halogens is 3. The van der Waals surface area contributed by atoms with Crippen LogP contribution < -0.4 is 5.32 Å². The summed E-state index contributed by atoms with van der Waals surface area (Å²) in [4.78, 5) is 0. The molecule has 2 aromatic rings. The molecule has 0 atom stereocenters. The van der Waals surface area contributed by atoms with Gasteiger partial charge in [-0.2, -0.15) is 8.75 Å². The topological polar surface area (TPSA) is 37.8 Å². The highest BCUT2D eigenvalue weighted by molar-refractivity contribution is 9.10. The minimum Gasteiger partial charge on any atom is -0.336 e. The first-order valence-electron chi connectivity index (χ1n) is 3.87. The average Bonchev–Trinajstić information content (AvgIpc) is 2.57. The highest BCUT2D eigenvalue weighted by Gasteiger charge is 2.07. The second kappa shape index (κ2) is 4.42. The van der Waals surface area contributed by atoms with Crippen LogP contribution in [0.4, 0.5) is 15.9 Å². The normalized spacial score (nSPS) is 10.3. The van der Waals surface area contributed by atoms with Crippen LogP contribution in [-0.4, -0.2) is 8.75 Å². The first-order valence-corrected chi connectivity index (χ1v) is 5.77. The van der Waals surface area contributed by atoms with Crippen molar-refractivity contribution in [2.75, 3.05) is 5.32 Å². The Labute approximate surface area is 103 Å². The Bertz CT molecular complexity index is 490. The van der Waals surface area contributed by atoms with Crippen LogP contribution in [0.5, 0.6) is 0 Å². The molecule has 0 saturated carbocycles. The van der Waals surface area contributed by atoms with Gasteiger partial charge in [-0.05, 0) is 34.1 Å². The van der Waals surface area contributed by atoms with E-state index in [0.717, 1.165) is 11.7 Å². The average molecular weight is 309 g/mol. The van der Waals surface area contributed by atoms with Crippen LogP contribution in [0.1, 0.15) is 0 Å². The molecular formula is C8H4BrClFN3S. The molecule has 3 nitrogen and oxygen atoms in total. The molecule has 0 radical (unpaired) electrons. The smallest absolute Gasteiger partial charge is 0.187 e. The van der Waals surface area contributed by atoms with Gasteiger partial charge < -0.3 is 5.32 Å². The molecule has 7 heteroatoms. The third-order valence-electron chi connectivity index (χ3n) is 1.63. The molecule has 1 N–H and O–H groups in total. The van der Waals surface area contributed by atoms with Gasteiger partial charge in [-0.15, -0.1) is 0 Å². The number of benzene rings is 1. The van der Waals surface area contributed by atoms with Gasteiger partial charge >= 0.3 is 0 Å². The SMILES string of the molecule is Fc1ccc(Nc2nsnc2Cl)c(Br)c1. The highest BCUT2D eigenvalue weighted by Crippen LogP contribution is 2.28. The van der Waals surface area contributed by atoms with Crippen LogP contribution in [0.15, 0.2) is 22.7 Å². The molecule has 0 aliphatic carbocycles. The summed E-state index contributed by atoms with van der Waals surface area (Å²) >= 11 is 10.00. The molecule has 0 fully saturated rings. The van der Waals surface area contributed by atoms with Crippen molar-refractivity contribution in [1.29, 1.82) is 0 Å². The van der Waals surface area contributed by atoms with E-state index >= 15 is 0 Å². The first-order chi connectivity index (χ1) is 7.16. The molecule has 0 bridgehead atoms. The van der Waals surface area contributed by atoms with E-state index < -0.39 is 0 Å². The molecule has 78 valence electrons. The van der Waals surface area contributed by atoms with E-state index in [0.29, 0.717) is 21.1 Å². The lowest BCUT2D eigenvalue weighted by molar-refractivity contribution is 0.627. The van der Waals surface area contributed by atoms with Crippen LogP contribution in [0.2, 0.25) is 5.15 Å². The molecule has 0 amide bonds. The lowest BCUT2D eigenvalue weighted by atomic mass is 10.3. The summed E-state index contributed by atoms with van der Waals surface area (Å²) in [5.74, 6) is 0.156. The Morgan fingerprint density at radius 1 is 1.40 bits per heavy atom. The standard InChI is InChI=1S/C8H4BrClFN3S/c9-5-3-4(11)1-2-6(5)12-8-7(10)13-15-14-8/h1-3H,(H,12,14). The Hall–Kier alpha value is -0.720. The summed E-state index contributed by atoms with van der Waals surface area (Å²) in [6, 6.07) is 4.30. The van der Waals surface area contributed by atoms with Crippen molar-refractivity contribution in [3.8, 4) is 0 Å². The van der Waals surface area contributed by atoms with Gasteiger partial charge in [0.1, 0.15) is 5.82 Å². The fourth-order valence-electron chi connectivity index (χ4n) is 0.971. The summed E-state index contributed by atoms with van der Waals surface area (Å²) in [5, 5.41) is 3.24. The first kappa shape index (κ1) is 10.8. The predicted octanol–water partition coefficient (Wildman–Crippen LogP) is 3.84.